The zero-order valence-electron chi connectivity index (χ0n) is 19.7. The maximum absolute atomic E-state index is 12.7. The number of carbonyl (C=O) groups excluding carboxylic acids is 1. The highest BCUT2D eigenvalue weighted by Crippen LogP contribution is 2.20. The lowest BCUT2D eigenvalue weighted by Gasteiger charge is -2.39. The fraction of sp³-hybridized carbons (Fsp3) is 0.652. The number of likely N-dealkylation sites (tertiary alicyclic amines) is 1. The first-order valence-corrected chi connectivity index (χ1v) is 11.2. The lowest BCUT2D eigenvalue weighted by Crippen LogP contribution is -2.57. The summed E-state index contributed by atoms with van der Waals surface area (Å²) in [5, 5.41) is 3.54. The number of nitrogens with zero attached hydrogens (tertiary/aromatic N) is 5. The second-order valence-electron chi connectivity index (χ2n) is 8.66. The second kappa shape index (κ2) is 11.9. The molecule has 0 aliphatic carbocycles. The molecule has 1 aromatic carbocycles. The van der Waals surface area contributed by atoms with Crippen LogP contribution >= 0.6 is 24.0 Å². The van der Waals surface area contributed by atoms with Gasteiger partial charge in [0.2, 0.25) is 5.91 Å². The quantitative estimate of drug-likeness (QED) is 0.352. The molecular weight excluding hydrogens is 503 g/mol. The fourth-order valence-electron chi connectivity index (χ4n) is 4.43. The van der Waals surface area contributed by atoms with Crippen molar-refractivity contribution in [3.05, 3.63) is 29.3 Å². The first-order valence-electron chi connectivity index (χ1n) is 11.2. The van der Waals surface area contributed by atoms with Gasteiger partial charge in [0.15, 0.2) is 5.96 Å². The molecule has 2 saturated heterocycles. The average molecular weight is 543 g/mol. The predicted octanol–water partition coefficient (Wildman–Crippen LogP) is 2.38. The minimum Gasteiger partial charge on any atom is -0.377 e. The van der Waals surface area contributed by atoms with E-state index in [1.165, 1.54) is 16.8 Å². The van der Waals surface area contributed by atoms with E-state index in [1.807, 2.05) is 11.9 Å². The van der Waals surface area contributed by atoms with Crippen molar-refractivity contribution >= 4 is 41.5 Å². The molecule has 2 aliphatic rings. The van der Waals surface area contributed by atoms with E-state index in [9.17, 15) is 4.79 Å². The van der Waals surface area contributed by atoms with Crippen LogP contribution in [0.15, 0.2) is 23.2 Å². The number of piperazine rings is 1. The number of carbonyl (C=O) groups is 1. The molecule has 0 radical (unpaired) electrons. The Morgan fingerprint density at radius 1 is 1.10 bits per heavy atom. The van der Waals surface area contributed by atoms with E-state index in [0.29, 0.717) is 5.91 Å². The van der Waals surface area contributed by atoms with Crippen molar-refractivity contribution in [3.63, 3.8) is 0 Å². The minimum atomic E-state index is -0.0320. The third kappa shape index (κ3) is 6.47. The van der Waals surface area contributed by atoms with E-state index >= 15 is 0 Å². The molecule has 1 aromatic rings. The van der Waals surface area contributed by atoms with Gasteiger partial charge in [0.05, 0.1) is 6.04 Å². The van der Waals surface area contributed by atoms with Gasteiger partial charge in [-0.05, 0) is 43.9 Å². The Morgan fingerprint density at radius 2 is 1.74 bits per heavy atom. The Kier molecular flexibility index (Phi) is 9.87. The predicted molar refractivity (Wildman–Crippen MR) is 140 cm³/mol. The maximum atomic E-state index is 12.7. The Labute approximate surface area is 204 Å². The van der Waals surface area contributed by atoms with Crippen LogP contribution in [0.25, 0.3) is 0 Å². The molecule has 1 atom stereocenters. The largest absolute Gasteiger partial charge is 0.377 e. The molecule has 174 valence electrons. The Balaban J connectivity index is 0.00000341. The average Bonchev–Trinajstić information content (AvgIpc) is 3.29. The van der Waals surface area contributed by atoms with Gasteiger partial charge in [-0.15, -0.1) is 24.0 Å². The van der Waals surface area contributed by atoms with Gasteiger partial charge in [-0.1, -0.05) is 12.1 Å². The molecule has 0 bridgehead atoms. The van der Waals surface area contributed by atoms with Crippen molar-refractivity contribution < 1.29 is 4.79 Å². The maximum Gasteiger partial charge on any atom is 0.239 e. The molecule has 0 aromatic heterocycles. The molecule has 1 N–H and O–H groups in total. The molecule has 2 aliphatic heterocycles. The van der Waals surface area contributed by atoms with Crippen molar-refractivity contribution in [2.75, 3.05) is 65.3 Å². The summed E-state index contributed by atoms with van der Waals surface area (Å²) >= 11 is 0. The van der Waals surface area contributed by atoms with Gasteiger partial charge >= 0.3 is 0 Å². The van der Waals surface area contributed by atoms with Gasteiger partial charge in [-0.2, -0.15) is 0 Å². The molecule has 2 heterocycles. The number of halogens is 1. The molecule has 8 heteroatoms. The number of amides is 1. The summed E-state index contributed by atoms with van der Waals surface area (Å²) in [4.78, 5) is 26.0. The van der Waals surface area contributed by atoms with Crippen LogP contribution in [-0.2, 0) is 11.3 Å². The summed E-state index contributed by atoms with van der Waals surface area (Å²) in [5.74, 6) is 1.22. The zero-order valence-corrected chi connectivity index (χ0v) is 22.1. The van der Waals surface area contributed by atoms with Gasteiger partial charge in [0.25, 0.3) is 0 Å². The third-order valence-corrected chi connectivity index (χ3v) is 6.31. The van der Waals surface area contributed by atoms with Crippen LogP contribution in [0, 0.1) is 6.92 Å². The SMILES string of the molecule is CN=C(NCc1ccc(C)cc1N(C)C)N1CCN(C(C)C(=O)N2CCCC2)CC1.I. The van der Waals surface area contributed by atoms with Crippen LogP contribution in [0.4, 0.5) is 5.69 Å². The van der Waals surface area contributed by atoms with Crippen LogP contribution in [0.2, 0.25) is 0 Å². The van der Waals surface area contributed by atoms with Gasteiger partial charge in [0, 0.05) is 72.6 Å². The molecule has 1 unspecified atom stereocenters. The number of anilines is 1. The normalized spacial score (nSPS) is 18.5. The second-order valence-corrected chi connectivity index (χ2v) is 8.66. The number of hydrogen-bond donors (Lipinski definition) is 1. The van der Waals surface area contributed by atoms with Gasteiger partial charge in [0.1, 0.15) is 0 Å². The van der Waals surface area contributed by atoms with E-state index in [0.717, 1.165) is 64.6 Å². The van der Waals surface area contributed by atoms with E-state index in [2.05, 4.69) is 71.2 Å². The minimum absolute atomic E-state index is 0. The highest BCUT2D eigenvalue weighted by molar-refractivity contribution is 14.0. The Bertz CT molecular complexity index is 754. The van der Waals surface area contributed by atoms with Crippen molar-refractivity contribution in [1.82, 2.24) is 20.0 Å². The number of aliphatic imine (C=N–C) groups is 1. The monoisotopic (exact) mass is 542 g/mol. The van der Waals surface area contributed by atoms with Crippen molar-refractivity contribution in [2.24, 2.45) is 4.99 Å². The summed E-state index contributed by atoms with van der Waals surface area (Å²) in [6.45, 7) is 10.3. The Morgan fingerprint density at radius 3 is 2.32 bits per heavy atom. The van der Waals surface area contributed by atoms with E-state index in [-0.39, 0.29) is 30.0 Å². The highest BCUT2D eigenvalue weighted by atomic mass is 127. The van der Waals surface area contributed by atoms with Crippen LogP contribution in [0.1, 0.15) is 30.9 Å². The highest BCUT2D eigenvalue weighted by Gasteiger charge is 2.30. The Hall–Kier alpha value is -1.55. The molecule has 3 rings (SSSR count). The first-order chi connectivity index (χ1) is 14.4. The van der Waals surface area contributed by atoms with Gasteiger partial charge in [-0.3, -0.25) is 14.7 Å². The van der Waals surface area contributed by atoms with E-state index in [4.69, 9.17) is 0 Å². The molecular formula is C23H39IN6O. The summed E-state index contributed by atoms with van der Waals surface area (Å²) < 4.78 is 0. The number of nitrogens with one attached hydrogen (secondary N) is 1. The summed E-state index contributed by atoms with van der Waals surface area (Å²) in [6, 6.07) is 6.53. The van der Waals surface area contributed by atoms with Gasteiger partial charge in [-0.25, -0.2) is 0 Å². The van der Waals surface area contributed by atoms with Crippen molar-refractivity contribution in [1.29, 1.82) is 0 Å². The summed E-state index contributed by atoms with van der Waals surface area (Å²) in [5.41, 5.74) is 3.76. The lowest BCUT2D eigenvalue weighted by atomic mass is 10.1. The van der Waals surface area contributed by atoms with E-state index in [1.54, 1.807) is 0 Å². The molecule has 2 fully saturated rings. The molecule has 1 amide bonds. The summed E-state index contributed by atoms with van der Waals surface area (Å²) in [7, 11) is 6.00. The smallest absolute Gasteiger partial charge is 0.239 e. The number of benzene rings is 1. The lowest BCUT2D eigenvalue weighted by molar-refractivity contribution is -0.135. The van der Waals surface area contributed by atoms with Crippen LogP contribution in [0.3, 0.4) is 0 Å². The standard InChI is InChI=1S/C23H38N6O.HI/c1-18-8-9-20(21(16-18)26(4)5)17-25-23(24-3)29-14-12-27(13-15-29)19(2)22(30)28-10-6-7-11-28;/h8-9,16,19H,6-7,10-15,17H2,1-5H3,(H,24,25);1H. The van der Waals surface area contributed by atoms with Crippen molar-refractivity contribution in [3.8, 4) is 0 Å². The van der Waals surface area contributed by atoms with Crippen LogP contribution < -0.4 is 10.2 Å². The summed E-state index contributed by atoms with van der Waals surface area (Å²) in [6.07, 6.45) is 2.29. The molecule has 0 spiro atoms. The topological polar surface area (TPSA) is 54.4 Å². The number of guanidine groups is 1. The first kappa shape index (κ1) is 25.7. The third-order valence-electron chi connectivity index (χ3n) is 6.31. The molecule has 7 nitrogen and oxygen atoms in total. The number of rotatable bonds is 5. The molecule has 31 heavy (non-hydrogen) atoms. The molecule has 0 saturated carbocycles. The zero-order chi connectivity index (χ0) is 21.7. The number of aryl methyl sites for hydroxylation is 1. The van der Waals surface area contributed by atoms with Crippen LogP contribution in [-0.4, -0.2) is 93.0 Å². The van der Waals surface area contributed by atoms with Gasteiger partial charge < -0.3 is 20.0 Å². The fourth-order valence-corrected chi connectivity index (χ4v) is 4.43. The van der Waals surface area contributed by atoms with Crippen LogP contribution in [0.5, 0.6) is 0 Å². The van der Waals surface area contributed by atoms with E-state index < -0.39 is 0 Å². The van der Waals surface area contributed by atoms with Crippen molar-refractivity contribution in [2.45, 2.75) is 39.3 Å². The number of hydrogen-bond acceptors (Lipinski definition) is 4.